The predicted octanol–water partition coefficient (Wildman–Crippen LogP) is 1.93. The molecule has 0 spiro atoms. The van der Waals surface area contributed by atoms with E-state index in [1.165, 1.54) is 0 Å². The van der Waals surface area contributed by atoms with Crippen molar-refractivity contribution in [3.05, 3.63) is 0 Å². The van der Waals surface area contributed by atoms with E-state index in [9.17, 15) is 0 Å². The van der Waals surface area contributed by atoms with Gasteiger partial charge in [0.05, 0.1) is 6.61 Å². The molecule has 4 rings (SSSR count). The van der Waals surface area contributed by atoms with Gasteiger partial charge in [0.15, 0.2) is 24.2 Å². The first-order valence-electron chi connectivity index (χ1n) is 8.93. The minimum Gasteiger partial charge on any atom is -0.353 e. The van der Waals surface area contributed by atoms with Crippen LogP contribution in [0.2, 0.25) is 0 Å². The van der Waals surface area contributed by atoms with E-state index in [-0.39, 0.29) is 30.7 Å². The summed E-state index contributed by atoms with van der Waals surface area (Å²) in [5.74, 6) is -1.29. The molecule has 4 saturated heterocycles. The Morgan fingerprint density at radius 2 is 1.75 bits per heavy atom. The highest BCUT2D eigenvalue weighted by atomic mass is 16.9. The highest BCUT2D eigenvalue weighted by Crippen LogP contribution is 2.42. The Hall–Kier alpha value is -0.280. The standard InChI is InChI=1S/C17H28O7/c1-16(2)19-9-10(22-16)12-13(20-11-7-5-6-8-18-11)14-15(21-12)24-17(3,4)23-14/h10-15H,5-9H2,1-4H3/t10-,11?,12-,13-,14-,15-/m1/s1. The molecule has 138 valence electrons. The summed E-state index contributed by atoms with van der Waals surface area (Å²) in [7, 11) is 0. The second-order valence-electron chi connectivity index (χ2n) is 7.83. The molecule has 0 aliphatic carbocycles. The van der Waals surface area contributed by atoms with Gasteiger partial charge in [-0.3, -0.25) is 0 Å². The summed E-state index contributed by atoms with van der Waals surface area (Å²) in [6.07, 6.45) is 1.29. The van der Waals surface area contributed by atoms with Crippen molar-refractivity contribution in [1.29, 1.82) is 0 Å². The second-order valence-corrected chi connectivity index (χ2v) is 7.83. The lowest BCUT2D eigenvalue weighted by Crippen LogP contribution is -2.46. The van der Waals surface area contributed by atoms with Crippen LogP contribution in [-0.4, -0.2) is 61.8 Å². The minimum atomic E-state index is -0.679. The van der Waals surface area contributed by atoms with Crippen LogP contribution in [0.25, 0.3) is 0 Å². The Balaban J connectivity index is 1.50. The molecule has 4 aliphatic heterocycles. The SMILES string of the molecule is CC1(C)O[C@H]2O[C@H]([C@H]3COC(C)(C)O3)[C@@H](OC3CCCCO3)[C@H]2O1. The zero-order valence-electron chi connectivity index (χ0n) is 14.9. The number of ether oxygens (including phenoxy) is 7. The van der Waals surface area contributed by atoms with Gasteiger partial charge in [0, 0.05) is 6.61 Å². The van der Waals surface area contributed by atoms with Crippen LogP contribution in [-0.2, 0) is 33.2 Å². The summed E-state index contributed by atoms with van der Waals surface area (Å²) in [5, 5.41) is 0. The normalized spacial score (nSPS) is 47.0. The van der Waals surface area contributed by atoms with E-state index in [1.54, 1.807) is 0 Å². The van der Waals surface area contributed by atoms with Crippen molar-refractivity contribution in [3.63, 3.8) is 0 Å². The zero-order valence-corrected chi connectivity index (χ0v) is 14.9. The van der Waals surface area contributed by atoms with Gasteiger partial charge in [-0.2, -0.15) is 0 Å². The Morgan fingerprint density at radius 1 is 0.917 bits per heavy atom. The van der Waals surface area contributed by atoms with Gasteiger partial charge in [-0.25, -0.2) is 0 Å². The zero-order chi connectivity index (χ0) is 16.9. The number of hydrogen-bond acceptors (Lipinski definition) is 7. The Labute approximate surface area is 142 Å². The molecule has 0 saturated carbocycles. The quantitative estimate of drug-likeness (QED) is 0.775. The van der Waals surface area contributed by atoms with Crippen LogP contribution in [0.5, 0.6) is 0 Å². The van der Waals surface area contributed by atoms with Gasteiger partial charge in [0.2, 0.25) is 0 Å². The topological polar surface area (TPSA) is 64.6 Å². The maximum atomic E-state index is 6.26. The Morgan fingerprint density at radius 3 is 2.42 bits per heavy atom. The minimum absolute atomic E-state index is 0.213. The average Bonchev–Trinajstić information content (AvgIpc) is 3.11. The molecule has 7 nitrogen and oxygen atoms in total. The number of fused-ring (bicyclic) bond motifs is 1. The first-order valence-corrected chi connectivity index (χ1v) is 8.93. The molecular formula is C17H28O7. The van der Waals surface area contributed by atoms with Crippen molar-refractivity contribution in [2.45, 2.75) is 95.5 Å². The first-order chi connectivity index (χ1) is 11.3. The van der Waals surface area contributed by atoms with Crippen LogP contribution in [0.4, 0.5) is 0 Å². The van der Waals surface area contributed by atoms with Gasteiger partial charge in [-0.1, -0.05) is 0 Å². The summed E-state index contributed by atoms with van der Waals surface area (Å²) in [6, 6.07) is 0. The second kappa shape index (κ2) is 6.16. The smallest absolute Gasteiger partial charge is 0.190 e. The summed E-state index contributed by atoms with van der Waals surface area (Å²) >= 11 is 0. The molecular weight excluding hydrogens is 316 g/mol. The van der Waals surface area contributed by atoms with E-state index < -0.39 is 17.9 Å². The molecule has 0 aromatic rings. The number of hydrogen-bond donors (Lipinski definition) is 0. The van der Waals surface area contributed by atoms with Crippen LogP contribution < -0.4 is 0 Å². The van der Waals surface area contributed by atoms with Crippen LogP contribution in [0.3, 0.4) is 0 Å². The summed E-state index contributed by atoms with van der Waals surface area (Å²) in [5.41, 5.74) is 0. The van der Waals surface area contributed by atoms with Crippen molar-refractivity contribution < 1.29 is 33.2 Å². The first kappa shape index (κ1) is 17.1. The van der Waals surface area contributed by atoms with Crippen molar-refractivity contribution in [3.8, 4) is 0 Å². The average molecular weight is 344 g/mol. The van der Waals surface area contributed by atoms with Crippen molar-refractivity contribution in [1.82, 2.24) is 0 Å². The van der Waals surface area contributed by atoms with E-state index in [2.05, 4.69) is 0 Å². The molecule has 1 unspecified atom stereocenters. The van der Waals surface area contributed by atoms with Crippen LogP contribution in [0.1, 0.15) is 47.0 Å². The Kier molecular flexibility index (Phi) is 4.40. The van der Waals surface area contributed by atoms with Crippen LogP contribution >= 0.6 is 0 Å². The summed E-state index contributed by atoms with van der Waals surface area (Å²) in [6.45, 7) is 8.77. The third kappa shape index (κ3) is 3.35. The van der Waals surface area contributed by atoms with E-state index >= 15 is 0 Å². The van der Waals surface area contributed by atoms with Gasteiger partial charge in [-0.15, -0.1) is 0 Å². The molecule has 0 bridgehead atoms. The molecule has 4 fully saturated rings. The fraction of sp³-hybridized carbons (Fsp3) is 1.00. The van der Waals surface area contributed by atoms with E-state index in [4.69, 9.17) is 33.2 Å². The molecule has 0 N–H and O–H groups in total. The van der Waals surface area contributed by atoms with Crippen molar-refractivity contribution in [2.75, 3.05) is 13.2 Å². The fourth-order valence-corrected chi connectivity index (χ4v) is 3.83. The van der Waals surface area contributed by atoms with Gasteiger partial charge in [0.1, 0.15) is 24.4 Å². The third-order valence-electron chi connectivity index (χ3n) is 4.87. The van der Waals surface area contributed by atoms with E-state index in [0.29, 0.717) is 6.61 Å². The molecule has 4 aliphatic rings. The fourth-order valence-electron chi connectivity index (χ4n) is 3.83. The summed E-state index contributed by atoms with van der Waals surface area (Å²) < 4.78 is 41.7. The molecule has 4 heterocycles. The highest BCUT2D eigenvalue weighted by molar-refractivity contribution is 4.99. The van der Waals surface area contributed by atoms with E-state index in [1.807, 2.05) is 27.7 Å². The predicted molar refractivity (Wildman–Crippen MR) is 82.1 cm³/mol. The maximum absolute atomic E-state index is 6.26. The lowest BCUT2D eigenvalue weighted by Gasteiger charge is -2.32. The highest BCUT2D eigenvalue weighted by Gasteiger charge is 2.59. The van der Waals surface area contributed by atoms with Crippen LogP contribution in [0, 0.1) is 0 Å². The number of rotatable bonds is 3. The summed E-state index contributed by atoms with van der Waals surface area (Å²) in [4.78, 5) is 0. The maximum Gasteiger partial charge on any atom is 0.190 e. The van der Waals surface area contributed by atoms with E-state index in [0.717, 1.165) is 25.9 Å². The Bertz CT molecular complexity index is 460. The monoisotopic (exact) mass is 344 g/mol. The van der Waals surface area contributed by atoms with Crippen LogP contribution in [0.15, 0.2) is 0 Å². The lowest BCUT2D eigenvalue weighted by molar-refractivity contribution is -0.259. The molecule has 6 atom stereocenters. The van der Waals surface area contributed by atoms with Gasteiger partial charge < -0.3 is 33.2 Å². The molecule has 24 heavy (non-hydrogen) atoms. The van der Waals surface area contributed by atoms with Gasteiger partial charge >= 0.3 is 0 Å². The molecule has 0 aromatic heterocycles. The molecule has 0 amide bonds. The lowest BCUT2D eigenvalue weighted by atomic mass is 10.1. The third-order valence-corrected chi connectivity index (χ3v) is 4.87. The molecule has 0 aromatic carbocycles. The van der Waals surface area contributed by atoms with Crippen molar-refractivity contribution >= 4 is 0 Å². The molecule has 0 radical (unpaired) electrons. The van der Waals surface area contributed by atoms with Crippen molar-refractivity contribution in [2.24, 2.45) is 0 Å². The molecule has 7 heteroatoms. The van der Waals surface area contributed by atoms with Gasteiger partial charge in [-0.05, 0) is 47.0 Å². The largest absolute Gasteiger partial charge is 0.353 e. The van der Waals surface area contributed by atoms with Gasteiger partial charge in [0.25, 0.3) is 0 Å².